The maximum Gasteiger partial charge on any atom is 0.335 e. The van der Waals surface area contributed by atoms with Gasteiger partial charge in [0, 0.05) is 16.3 Å². The van der Waals surface area contributed by atoms with E-state index in [0.29, 0.717) is 11.1 Å². The highest BCUT2D eigenvalue weighted by Crippen LogP contribution is 2.34. The SMILES string of the molecule is Cc1sc(-n2c(C)cc(C=C3C(=O)NC(=S)N(c4cccc(C(=O)O)c4)C3=O)c2C)c(C#N)c1C. The number of carbonyl (C=O) groups excluding carboxylic acids is 2. The first-order valence-electron chi connectivity index (χ1n) is 10.5. The van der Waals surface area contributed by atoms with Gasteiger partial charge in [0.15, 0.2) is 5.11 Å². The van der Waals surface area contributed by atoms with E-state index in [-0.39, 0.29) is 21.9 Å². The molecule has 1 aromatic carbocycles. The molecule has 0 saturated carbocycles. The number of aromatic nitrogens is 1. The average molecular weight is 505 g/mol. The third-order valence-electron chi connectivity index (χ3n) is 5.90. The molecule has 0 radical (unpaired) electrons. The lowest BCUT2D eigenvalue weighted by Gasteiger charge is -2.29. The molecule has 0 unspecified atom stereocenters. The van der Waals surface area contributed by atoms with Crippen LogP contribution in [0.15, 0.2) is 35.9 Å². The normalized spacial score (nSPS) is 14.9. The van der Waals surface area contributed by atoms with Crippen molar-refractivity contribution in [1.82, 2.24) is 9.88 Å². The summed E-state index contributed by atoms with van der Waals surface area (Å²) in [5, 5.41) is 22.2. The molecule has 2 N–H and O–H groups in total. The zero-order valence-electron chi connectivity index (χ0n) is 19.3. The Morgan fingerprint density at radius 2 is 1.91 bits per heavy atom. The lowest BCUT2D eigenvalue weighted by atomic mass is 10.1. The molecule has 3 heterocycles. The van der Waals surface area contributed by atoms with E-state index < -0.39 is 17.8 Å². The van der Waals surface area contributed by atoms with E-state index in [1.165, 1.54) is 35.6 Å². The van der Waals surface area contributed by atoms with Crippen LogP contribution in [0, 0.1) is 39.0 Å². The van der Waals surface area contributed by atoms with E-state index in [1.807, 2.05) is 38.3 Å². The Balaban J connectivity index is 1.80. The molecule has 1 aliphatic heterocycles. The van der Waals surface area contributed by atoms with Crippen LogP contribution in [-0.4, -0.2) is 32.6 Å². The molecule has 8 nitrogen and oxygen atoms in total. The topological polar surface area (TPSA) is 115 Å². The van der Waals surface area contributed by atoms with Gasteiger partial charge in [-0.05, 0) is 81.4 Å². The number of carboxylic acids is 1. The maximum absolute atomic E-state index is 13.4. The number of anilines is 1. The second-order valence-corrected chi connectivity index (χ2v) is 9.64. The van der Waals surface area contributed by atoms with Crippen molar-refractivity contribution in [3.8, 4) is 11.1 Å². The molecule has 0 aliphatic carbocycles. The fourth-order valence-corrected chi connectivity index (χ4v) is 5.47. The van der Waals surface area contributed by atoms with Crippen LogP contribution >= 0.6 is 23.6 Å². The summed E-state index contributed by atoms with van der Waals surface area (Å²) in [6, 6.07) is 9.88. The number of hydrogen-bond acceptors (Lipinski definition) is 6. The van der Waals surface area contributed by atoms with Crippen LogP contribution in [-0.2, 0) is 9.59 Å². The first-order chi connectivity index (χ1) is 16.5. The van der Waals surface area contributed by atoms with Gasteiger partial charge in [-0.3, -0.25) is 19.8 Å². The molecule has 1 aliphatic rings. The zero-order chi connectivity index (χ0) is 25.6. The number of nitrogens with one attached hydrogen (secondary N) is 1. The van der Waals surface area contributed by atoms with Gasteiger partial charge in [0.1, 0.15) is 16.6 Å². The summed E-state index contributed by atoms with van der Waals surface area (Å²) in [5.41, 5.74) is 3.85. The number of carbonyl (C=O) groups is 3. The second kappa shape index (κ2) is 8.94. The predicted octanol–water partition coefficient (Wildman–Crippen LogP) is 4.17. The van der Waals surface area contributed by atoms with Crippen molar-refractivity contribution >= 4 is 58.2 Å². The fraction of sp³-hybridized carbons (Fsp3) is 0.160. The minimum atomic E-state index is -1.15. The lowest BCUT2D eigenvalue weighted by molar-refractivity contribution is -0.122. The molecule has 0 atom stereocenters. The van der Waals surface area contributed by atoms with Gasteiger partial charge >= 0.3 is 5.97 Å². The van der Waals surface area contributed by atoms with Crippen LogP contribution in [0.3, 0.4) is 0 Å². The Kier molecular flexibility index (Phi) is 6.15. The van der Waals surface area contributed by atoms with E-state index in [9.17, 15) is 24.8 Å². The number of hydrogen-bond donors (Lipinski definition) is 2. The standard InChI is InChI=1S/C25H20N4O4S2/c1-12-8-17(14(3)28(12)23-20(11-26)13(2)15(4)35-23)10-19-21(30)27-25(34)29(22(19)31)18-7-5-6-16(9-18)24(32)33/h5-10H,1-4H3,(H,32,33)(H,27,30,34). The summed E-state index contributed by atoms with van der Waals surface area (Å²) in [5.74, 6) is -2.45. The first kappa shape index (κ1) is 24.1. The van der Waals surface area contributed by atoms with Crippen molar-refractivity contribution in [3.63, 3.8) is 0 Å². The van der Waals surface area contributed by atoms with E-state index in [2.05, 4.69) is 11.4 Å². The van der Waals surface area contributed by atoms with Gasteiger partial charge < -0.3 is 9.67 Å². The quantitative estimate of drug-likeness (QED) is 0.313. The van der Waals surface area contributed by atoms with Crippen LogP contribution in [0.5, 0.6) is 0 Å². The molecule has 2 aromatic heterocycles. The van der Waals surface area contributed by atoms with Crippen molar-refractivity contribution in [2.24, 2.45) is 0 Å². The van der Waals surface area contributed by atoms with Gasteiger partial charge in [-0.25, -0.2) is 4.79 Å². The van der Waals surface area contributed by atoms with Gasteiger partial charge in [-0.1, -0.05) is 6.07 Å². The van der Waals surface area contributed by atoms with Gasteiger partial charge in [-0.15, -0.1) is 11.3 Å². The van der Waals surface area contributed by atoms with Crippen molar-refractivity contribution in [2.75, 3.05) is 4.90 Å². The molecule has 0 bridgehead atoms. The van der Waals surface area contributed by atoms with Crippen molar-refractivity contribution in [3.05, 3.63) is 74.4 Å². The molecule has 1 saturated heterocycles. The van der Waals surface area contributed by atoms with Crippen LogP contribution in [0.2, 0.25) is 0 Å². The molecule has 0 spiro atoms. The Hall–Kier alpha value is -4.07. The number of rotatable bonds is 4. The van der Waals surface area contributed by atoms with Crippen molar-refractivity contribution < 1.29 is 19.5 Å². The monoisotopic (exact) mass is 504 g/mol. The molecule has 10 heteroatoms. The van der Waals surface area contributed by atoms with Crippen LogP contribution in [0.25, 0.3) is 11.1 Å². The third-order valence-corrected chi connectivity index (χ3v) is 7.38. The number of thiocarbonyl (C=S) groups is 1. The maximum atomic E-state index is 13.4. The summed E-state index contributed by atoms with van der Waals surface area (Å²) in [6.45, 7) is 7.62. The Morgan fingerprint density at radius 1 is 1.20 bits per heavy atom. The van der Waals surface area contributed by atoms with Crippen LogP contribution in [0.4, 0.5) is 5.69 Å². The predicted molar refractivity (Wildman–Crippen MR) is 137 cm³/mol. The lowest BCUT2D eigenvalue weighted by Crippen LogP contribution is -2.54. The number of nitriles is 1. The highest BCUT2D eigenvalue weighted by molar-refractivity contribution is 7.80. The number of benzene rings is 1. The van der Waals surface area contributed by atoms with E-state index in [1.54, 1.807) is 6.07 Å². The number of thiophene rings is 1. The molecule has 35 heavy (non-hydrogen) atoms. The molecule has 3 aromatic rings. The highest BCUT2D eigenvalue weighted by Gasteiger charge is 2.35. The van der Waals surface area contributed by atoms with E-state index >= 15 is 0 Å². The summed E-state index contributed by atoms with van der Waals surface area (Å²) in [6.07, 6.45) is 1.49. The summed E-state index contributed by atoms with van der Waals surface area (Å²) < 4.78 is 1.94. The number of aromatic carboxylic acids is 1. The number of nitrogens with zero attached hydrogens (tertiary/aromatic N) is 3. The van der Waals surface area contributed by atoms with Gasteiger partial charge in [0.25, 0.3) is 11.8 Å². The largest absolute Gasteiger partial charge is 0.478 e. The average Bonchev–Trinajstić information content (AvgIpc) is 3.24. The number of amides is 2. The minimum Gasteiger partial charge on any atom is -0.478 e. The van der Waals surface area contributed by atoms with E-state index in [0.717, 1.165) is 31.7 Å². The first-order valence-corrected chi connectivity index (χ1v) is 11.7. The Labute approximate surface area is 210 Å². The van der Waals surface area contributed by atoms with Crippen LogP contribution < -0.4 is 10.2 Å². The van der Waals surface area contributed by atoms with Gasteiger partial charge in [-0.2, -0.15) is 5.26 Å². The molecular formula is C25H20N4O4S2. The van der Waals surface area contributed by atoms with Gasteiger partial charge in [0.05, 0.1) is 16.8 Å². The van der Waals surface area contributed by atoms with Crippen molar-refractivity contribution in [2.45, 2.75) is 27.7 Å². The number of aryl methyl sites for hydroxylation is 2. The molecule has 2 amide bonds. The molecule has 4 rings (SSSR count). The summed E-state index contributed by atoms with van der Waals surface area (Å²) >= 11 is 6.72. The Morgan fingerprint density at radius 3 is 2.57 bits per heavy atom. The van der Waals surface area contributed by atoms with Crippen molar-refractivity contribution in [1.29, 1.82) is 5.26 Å². The third kappa shape index (κ3) is 4.05. The molecule has 176 valence electrons. The van der Waals surface area contributed by atoms with Crippen LogP contribution in [0.1, 0.15) is 43.3 Å². The zero-order valence-corrected chi connectivity index (χ0v) is 20.9. The number of carboxylic acid groups (broad SMARTS) is 1. The molecule has 1 fully saturated rings. The molecular weight excluding hydrogens is 484 g/mol. The van der Waals surface area contributed by atoms with Gasteiger partial charge in [0.2, 0.25) is 0 Å². The minimum absolute atomic E-state index is 0.0149. The second-order valence-electron chi connectivity index (χ2n) is 8.05. The summed E-state index contributed by atoms with van der Waals surface area (Å²) in [7, 11) is 0. The summed E-state index contributed by atoms with van der Waals surface area (Å²) in [4.78, 5) is 39.6. The Bertz CT molecular complexity index is 1520. The van der Waals surface area contributed by atoms with E-state index in [4.69, 9.17) is 12.2 Å². The fourth-order valence-electron chi connectivity index (χ4n) is 3.97. The highest BCUT2D eigenvalue weighted by atomic mass is 32.1. The smallest absolute Gasteiger partial charge is 0.335 e.